The predicted molar refractivity (Wildman–Crippen MR) is 73.2 cm³/mol. The molecule has 0 amide bonds. The zero-order valence-corrected chi connectivity index (χ0v) is 11.1. The first-order chi connectivity index (χ1) is 9.38. The molecule has 0 radical (unpaired) electrons. The number of para-hydroxylation sites is 1. The average molecular weight is 258 g/mol. The lowest BCUT2D eigenvalue weighted by Gasteiger charge is -2.10. The van der Waals surface area contributed by atoms with Gasteiger partial charge in [-0.2, -0.15) is 0 Å². The molecule has 1 aromatic carbocycles. The van der Waals surface area contributed by atoms with Gasteiger partial charge in [-0.1, -0.05) is 23.4 Å². The van der Waals surface area contributed by atoms with Crippen LogP contribution >= 0.6 is 0 Å². The number of hydrogen-bond donors (Lipinski definition) is 1. The van der Waals surface area contributed by atoms with Crippen molar-refractivity contribution >= 4 is 0 Å². The largest absolute Gasteiger partial charge is 0.496 e. The van der Waals surface area contributed by atoms with Gasteiger partial charge < -0.3 is 14.6 Å². The predicted octanol–water partition coefficient (Wildman–Crippen LogP) is 2.64. The summed E-state index contributed by atoms with van der Waals surface area (Å²) in [6.45, 7) is 1.10. The lowest BCUT2D eigenvalue weighted by Crippen LogP contribution is -2.23. The molecule has 1 aliphatic rings. The molecular formula is C15H18N2O2. The standard InChI is InChI=1S/C15H18N2O2/c1-18-14-7-3-2-6-12(14)13-10-17-19-15(13)9-11-5-4-8-16-11/h2-3,6-7,10-11,16H,4-5,8-9H2,1H3. The molecule has 2 aromatic rings. The van der Waals surface area contributed by atoms with Gasteiger partial charge in [0.1, 0.15) is 11.5 Å². The summed E-state index contributed by atoms with van der Waals surface area (Å²) < 4.78 is 10.8. The van der Waals surface area contributed by atoms with E-state index in [0.717, 1.165) is 35.6 Å². The Labute approximate surface area is 112 Å². The van der Waals surface area contributed by atoms with Gasteiger partial charge in [-0.25, -0.2) is 0 Å². The van der Waals surface area contributed by atoms with Gasteiger partial charge in [-0.3, -0.25) is 0 Å². The maximum atomic E-state index is 5.43. The van der Waals surface area contributed by atoms with E-state index in [9.17, 15) is 0 Å². The van der Waals surface area contributed by atoms with Crippen molar-refractivity contribution in [3.8, 4) is 16.9 Å². The molecule has 3 rings (SSSR count). The highest BCUT2D eigenvalue weighted by molar-refractivity contribution is 5.71. The van der Waals surface area contributed by atoms with Crippen molar-refractivity contribution in [1.29, 1.82) is 0 Å². The summed E-state index contributed by atoms with van der Waals surface area (Å²) >= 11 is 0. The lowest BCUT2D eigenvalue weighted by molar-refractivity contribution is 0.370. The van der Waals surface area contributed by atoms with Crippen molar-refractivity contribution in [2.45, 2.75) is 25.3 Å². The van der Waals surface area contributed by atoms with Crippen LogP contribution in [0.3, 0.4) is 0 Å². The smallest absolute Gasteiger partial charge is 0.146 e. The van der Waals surface area contributed by atoms with Crippen LogP contribution in [0.2, 0.25) is 0 Å². The molecule has 1 N–H and O–H groups in total. The third-order valence-corrected chi connectivity index (χ3v) is 3.64. The minimum Gasteiger partial charge on any atom is -0.496 e. The van der Waals surface area contributed by atoms with E-state index in [-0.39, 0.29) is 0 Å². The van der Waals surface area contributed by atoms with Crippen molar-refractivity contribution in [3.63, 3.8) is 0 Å². The van der Waals surface area contributed by atoms with Crippen LogP contribution in [0.1, 0.15) is 18.6 Å². The number of rotatable bonds is 4. The maximum absolute atomic E-state index is 5.43. The molecule has 1 aromatic heterocycles. The Balaban J connectivity index is 1.90. The first-order valence-electron chi connectivity index (χ1n) is 6.69. The molecule has 4 nitrogen and oxygen atoms in total. The Hall–Kier alpha value is -1.81. The molecule has 1 atom stereocenters. The van der Waals surface area contributed by atoms with Crippen LogP contribution in [0.15, 0.2) is 35.0 Å². The van der Waals surface area contributed by atoms with E-state index >= 15 is 0 Å². The van der Waals surface area contributed by atoms with E-state index in [2.05, 4.69) is 10.5 Å². The highest BCUT2D eigenvalue weighted by Crippen LogP contribution is 2.32. The van der Waals surface area contributed by atoms with Crippen LogP contribution in [0.4, 0.5) is 0 Å². The number of methoxy groups -OCH3 is 1. The molecule has 1 unspecified atom stereocenters. The number of hydrogen-bond acceptors (Lipinski definition) is 4. The molecule has 0 aliphatic carbocycles. The second-order valence-electron chi connectivity index (χ2n) is 4.86. The minimum atomic E-state index is 0.501. The van der Waals surface area contributed by atoms with Crippen molar-refractivity contribution in [2.75, 3.05) is 13.7 Å². The van der Waals surface area contributed by atoms with Gasteiger partial charge in [-0.15, -0.1) is 0 Å². The Morgan fingerprint density at radius 3 is 3.05 bits per heavy atom. The molecule has 2 heterocycles. The fraction of sp³-hybridized carbons (Fsp3) is 0.400. The number of aromatic nitrogens is 1. The highest BCUT2D eigenvalue weighted by atomic mass is 16.5. The summed E-state index contributed by atoms with van der Waals surface area (Å²) in [5.74, 6) is 1.79. The molecule has 4 heteroatoms. The second kappa shape index (κ2) is 5.45. The number of ether oxygens (including phenoxy) is 1. The lowest BCUT2D eigenvalue weighted by atomic mass is 10.0. The summed E-state index contributed by atoms with van der Waals surface area (Å²) in [6, 6.07) is 8.47. The number of nitrogens with one attached hydrogen (secondary N) is 1. The van der Waals surface area contributed by atoms with Gasteiger partial charge in [0, 0.05) is 23.6 Å². The molecule has 100 valence electrons. The van der Waals surface area contributed by atoms with Crippen LogP contribution in [-0.4, -0.2) is 24.9 Å². The first kappa shape index (κ1) is 12.2. The maximum Gasteiger partial charge on any atom is 0.146 e. The summed E-state index contributed by atoms with van der Waals surface area (Å²) in [5, 5.41) is 7.44. The van der Waals surface area contributed by atoms with Crippen LogP contribution in [0.5, 0.6) is 5.75 Å². The molecule has 0 saturated carbocycles. The first-order valence-corrected chi connectivity index (χ1v) is 6.69. The number of benzene rings is 1. The quantitative estimate of drug-likeness (QED) is 0.915. The van der Waals surface area contributed by atoms with Crippen molar-refractivity contribution in [2.24, 2.45) is 0 Å². The SMILES string of the molecule is COc1ccccc1-c1cnoc1CC1CCCN1. The fourth-order valence-electron chi connectivity index (χ4n) is 2.65. The number of nitrogens with zero attached hydrogens (tertiary/aromatic N) is 1. The monoisotopic (exact) mass is 258 g/mol. The summed E-state index contributed by atoms with van der Waals surface area (Å²) in [7, 11) is 1.69. The molecule has 0 spiro atoms. The van der Waals surface area contributed by atoms with Crippen molar-refractivity contribution < 1.29 is 9.26 Å². The highest BCUT2D eigenvalue weighted by Gasteiger charge is 2.20. The normalized spacial score (nSPS) is 18.7. The third kappa shape index (κ3) is 2.49. The molecule has 0 bridgehead atoms. The average Bonchev–Trinajstić information content (AvgIpc) is 3.11. The topological polar surface area (TPSA) is 47.3 Å². The summed E-state index contributed by atoms with van der Waals surface area (Å²) in [4.78, 5) is 0. The Morgan fingerprint density at radius 2 is 2.26 bits per heavy atom. The van der Waals surface area contributed by atoms with Gasteiger partial charge >= 0.3 is 0 Å². The van der Waals surface area contributed by atoms with E-state index in [1.165, 1.54) is 12.8 Å². The van der Waals surface area contributed by atoms with Gasteiger partial charge in [0.05, 0.1) is 13.3 Å². The molecule has 19 heavy (non-hydrogen) atoms. The van der Waals surface area contributed by atoms with Crippen LogP contribution < -0.4 is 10.1 Å². The zero-order chi connectivity index (χ0) is 13.1. The Kier molecular flexibility index (Phi) is 3.51. The third-order valence-electron chi connectivity index (χ3n) is 3.64. The van der Waals surface area contributed by atoms with E-state index in [1.807, 2.05) is 24.3 Å². The fourth-order valence-corrected chi connectivity index (χ4v) is 2.65. The van der Waals surface area contributed by atoms with Gasteiger partial charge in [0.25, 0.3) is 0 Å². The van der Waals surface area contributed by atoms with E-state index in [4.69, 9.17) is 9.26 Å². The molecule has 1 saturated heterocycles. The van der Waals surface area contributed by atoms with Crippen LogP contribution in [0, 0.1) is 0 Å². The van der Waals surface area contributed by atoms with Crippen LogP contribution in [0.25, 0.3) is 11.1 Å². The van der Waals surface area contributed by atoms with E-state index < -0.39 is 0 Å². The molecular weight excluding hydrogens is 240 g/mol. The molecule has 1 fully saturated rings. The summed E-state index contributed by atoms with van der Waals surface area (Å²) in [5.41, 5.74) is 2.07. The summed E-state index contributed by atoms with van der Waals surface area (Å²) in [6.07, 6.45) is 5.10. The van der Waals surface area contributed by atoms with Gasteiger partial charge in [0.2, 0.25) is 0 Å². The molecule has 1 aliphatic heterocycles. The van der Waals surface area contributed by atoms with Gasteiger partial charge in [0.15, 0.2) is 0 Å². The zero-order valence-electron chi connectivity index (χ0n) is 11.1. The van der Waals surface area contributed by atoms with Crippen LogP contribution in [-0.2, 0) is 6.42 Å². The van der Waals surface area contributed by atoms with Crippen molar-refractivity contribution in [3.05, 3.63) is 36.2 Å². The van der Waals surface area contributed by atoms with E-state index in [1.54, 1.807) is 13.3 Å². The van der Waals surface area contributed by atoms with Gasteiger partial charge in [-0.05, 0) is 25.5 Å². The second-order valence-corrected chi connectivity index (χ2v) is 4.86. The Bertz CT molecular complexity index is 545. The Morgan fingerprint density at radius 1 is 1.37 bits per heavy atom. The van der Waals surface area contributed by atoms with E-state index in [0.29, 0.717) is 6.04 Å². The van der Waals surface area contributed by atoms with Crippen molar-refractivity contribution in [1.82, 2.24) is 10.5 Å². The minimum absolute atomic E-state index is 0.501.